The zero-order valence-corrected chi connectivity index (χ0v) is 11.6. The highest BCUT2D eigenvalue weighted by Gasteiger charge is 2.30. The van der Waals surface area contributed by atoms with E-state index >= 15 is 0 Å². The molecule has 1 N–H and O–H groups in total. The fourth-order valence-electron chi connectivity index (χ4n) is 2.69. The van der Waals surface area contributed by atoms with Gasteiger partial charge in [0.2, 0.25) is 0 Å². The molecule has 2 rings (SSSR count). The molecule has 0 saturated carbocycles. The Labute approximate surface area is 117 Å². The number of carbonyl (C=O) groups is 1. The van der Waals surface area contributed by atoms with Crippen molar-refractivity contribution in [2.24, 2.45) is 5.41 Å². The molecule has 1 aliphatic heterocycles. The number of hydrogen-bond acceptors (Lipinski definition) is 4. The molecule has 1 aromatic carbocycles. The average Bonchev–Trinajstić information content (AvgIpc) is 2.36. The fourth-order valence-corrected chi connectivity index (χ4v) is 2.69. The Kier molecular flexibility index (Phi) is 3.65. The first kappa shape index (κ1) is 14.3. The van der Waals surface area contributed by atoms with E-state index in [1.807, 2.05) is 4.90 Å². The molecule has 6 nitrogen and oxygen atoms in total. The van der Waals surface area contributed by atoms with Crippen molar-refractivity contribution in [3.8, 4) is 0 Å². The third-order valence-corrected chi connectivity index (χ3v) is 3.66. The lowest BCUT2D eigenvalue weighted by Gasteiger charge is -2.39. The van der Waals surface area contributed by atoms with Crippen molar-refractivity contribution >= 4 is 17.3 Å². The summed E-state index contributed by atoms with van der Waals surface area (Å²) >= 11 is 0. The molecule has 1 saturated heterocycles. The largest absolute Gasteiger partial charge is 0.478 e. The predicted molar refractivity (Wildman–Crippen MR) is 75.3 cm³/mol. The van der Waals surface area contributed by atoms with Gasteiger partial charge < -0.3 is 10.0 Å². The molecule has 0 radical (unpaired) electrons. The Morgan fingerprint density at radius 3 is 2.70 bits per heavy atom. The minimum Gasteiger partial charge on any atom is -0.478 e. The molecule has 1 aromatic rings. The fraction of sp³-hybridized carbons (Fsp3) is 0.500. The third-order valence-electron chi connectivity index (χ3n) is 3.66. The minimum atomic E-state index is -1.07. The predicted octanol–water partition coefficient (Wildman–Crippen LogP) is 2.92. The van der Waals surface area contributed by atoms with Crippen LogP contribution in [0.15, 0.2) is 18.2 Å². The summed E-state index contributed by atoms with van der Waals surface area (Å²) in [6.07, 6.45) is 2.01. The second-order valence-electron chi connectivity index (χ2n) is 5.96. The van der Waals surface area contributed by atoms with E-state index in [4.69, 9.17) is 5.11 Å². The number of nitrogens with zero attached hydrogens (tertiary/aromatic N) is 2. The summed E-state index contributed by atoms with van der Waals surface area (Å²) in [7, 11) is 0. The van der Waals surface area contributed by atoms with Crippen molar-refractivity contribution in [3.05, 3.63) is 33.9 Å². The summed E-state index contributed by atoms with van der Waals surface area (Å²) in [6.45, 7) is 5.64. The number of nitro groups is 1. The zero-order chi connectivity index (χ0) is 14.9. The number of benzene rings is 1. The highest BCUT2D eigenvalue weighted by atomic mass is 16.6. The van der Waals surface area contributed by atoms with Crippen LogP contribution in [0, 0.1) is 15.5 Å². The summed E-state index contributed by atoms with van der Waals surface area (Å²) in [5.41, 5.74) is 0.523. The smallest absolute Gasteiger partial charge is 0.335 e. The van der Waals surface area contributed by atoms with Gasteiger partial charge in [-0.05, 0) is 30.4 Å². The van der Waals surface area contributed by atoms with E-state index in [2.05, 4.69) is 13.8 Å². The van der Waals surface area contributed by atoms with Crippen LogP contribution in [0.2, 0.25) is 0 Å². The quantitative estimate of drug-likeness (QED) is 0.678. The zero-order valence-electron chi connectivity index (χ0n) is 11.6. The summed E-state index contributed by atoms with van der Waals surface area (Å²) in [5, 5.41) is 20.2. The Hall–Kier alpha value is -2.11. The van der Waals surface area contributed by atoms with Gasteiger partial charge in [-0.3, -0.25) is 10.1 Å². The number of piperidine rings is 1. The lowest BCUT2D eigenvalue weighted by molar-refractivity contribution is -0.384. The van der Waals surface area contributed by atoms with Gasteiger partial charge >= 0.3 is 5.97 Å². The maximum absolute atomic E-state index is 11.1. The maximum atomic E-state index is 11.1. The molecule has 1 fully saturated rings. The Morgan fingerprint density at radius 1 is 1.45 bits per heavy atom. The van der Waals surface area contributed by atoms with Crippen LogP contribution in [0.3, 0.4) is 0 Å². The van der Waals surface area contributed by atoms with Gasteiger partial charge in [-0.15, -0.1) is 0 Å². The number of anilines is 1. The second kappa shape index (κ2) is 5.11. The minimum absolute atomic E-state index is 0.0345. The lowest BCUT2D eigenvalue weighted by Crippen LogP contribution is -2.40. The molecule has 108 valence electrons. The van der Waals surface area contributed by atoms with E-state index in [0.29, 0.717) is 18.8 Å². The van der Waals surface area contributed by atoms with Crippen LogP contribution < -0.4 is 4.90 Å². The molecule has 1 heterocycles. The van der Waals surface area contributed by atoms with Crippen LogP contribution in [-0.4, -0.2) is 29.1 Å². The van der Waals surface area contributed by atoms with Crippen LogP contribution in [0.25, 0.3) is 0 Å². The second-order valence-corrected chi connectivity index (χ2v) is 5.96. The van der Waals surface area contributed by atoms with Crippen LogP contribution in [0.1, 0.15) is 37.0 Å². The first-order valence-electron chi connectivity index (χ1n) is 6.57. The van der Waals surface area contributed by atoms with E-state index < -0.39 is 10.9 Å². The Bertz CT molecular complexity index is 554. The first-order valence-corrected chi connectivity index (χ1v) is 6.57. The number of hydrogen-bond donors (Lipinski definition) is 1. The maximum Gasteiger partial charge on any atom is 0.335 e. The molecule has 0 spiro atoms. The Morgan fingerprint density at radius 2 is 2.15 bits per heavy atom. The molecule has 0 aliphatic carbocycles. The number of rotatable bonds is 3. The molecule has 1 aliphatic rings. The molecule has 0 bridgehead atoms. The van der Waals surface area contributed by atoms with Crippen LogP contribution >= 0.6 is 0 Å². The van der Waals surface area contributed by atoms with Crippen molar-refractivity contribution in [1.29, 1.82) is 0 Å². The standard InChI is InChI=1S/C14H18N2O4/c1-14(2)6-3-7-15(9-14)12-8-10(13(17)18)4-5-11(12)16(19)20/h4-5,8H,3,6-7,9H2,1-2H3,(H,17,18). The average molecular weight is 278 g/mol. The van der Waals surface area contributed by atoms with Crippen molar-refractivity contribution in [1.82, 2.24) is 0 Å². The van der Waals surface area contributed by atoms with E-state index in [1.54, 1.807) is 0 Å². The van der Waals surface area contributed by atoms with Gasteiger partial charge in [0.15, 0.2) is 0 Å². The van der Waals surface area contributed by atoms with Crippen LogP contribution in [0.4, 0.5) is 11.4 Å². The highest BCUT2D eigenvalue weighted by Crippen LogP contribution is 2.36. The van der Waals surface area contributed by atoms with E-state index in [-0.39, 0.29) is 16.7 Å². The molecule has 0 unspecified atom stereocenters. The SMILES string of the molecule is CC1(C)CCCN(c2cc(C(=O)O)ccc2[N+](=O)[O-])C1. The molecule has 20 heavy (non-hydrogen) atoms. The summed E-state index contributed by atoms with van der Waals surface area (Å²) in [6, 6.07) is 3.96. The van der Waals surface area contributed by atoms with Gasteiger partial charge in [0.1, 0.15) is 5.69 Å². The third kappa shape index (κ3) is 2.89. The van der Waals surface area contributed by atoms with Gasteiger partial charge in [0, 0.05) is 19.2 Å². The summed E-state index contributed by atoms with van der Waals surface area (Å²) in [5.74, 6) is -1.07. The van der Waals surface area contributed by atoms with Gasteiger partial charge in [-0.2, -0.15) is 0 Å². The molecular weight excluding hydrogens is 260 g/mol. The highest BCUT2D eigenvalue weighted by molar-refractivity contribution is 5.90. The van der Waals surface area contributed by atoms with E-state index in [1.165, 1.54) is 18.2 Å². The first-order chi connectivity index (χ1) is 9.30. The molecule has 0 aromatic heterocycles. The van der Waals surface area contributed by atoms with Gasteiger partial charge in [-0.1, -0.05) is 13.8 Å². The van der Waals surface area contributed by atoms with Crippen LogP contribution in [-0.2, 0) is 0 Å². The van der Waals surface area contributed by atoms with E-state index in [9.17, 15) is 14.9 Å². The molecule has 0 amide bonds. The summed E-state index contributed by atoms with van der Waals surface area (Å²) in [4.78, 5) is 23.7. The van der Waals surface area contributed by atoms with Crippen molar-refractivity contribution < 1.29 is 14.8 Å². The van der Waals surface area contributed by atoms with Crippen molar-refractivity contribution in [2.45, 2.75) is 26.7 Å². The number of carboxylic acids is 1. The number of carboxylic acid groups (broad SMARTS) is 1. The van der Waals surface area contributed by atoms with Gasteiger partial charge in [0.25, 0.3) is 5.69 Å². The molecule has 6 heteroatoms. The lowest BCUT2D eigenvalue weighted by atomic mass is 9.84. The number of nitro benzene ring substituents is 1. The monoisotopic (exact) mass is 278 g/mol. The van der Waals surface area contributed by atoms with E-state index in [0.717, 1.165) is 12.8 Å². The van der Waals surface area contributed by atoms with Crippen molar-refractivity contribution in [2.75, 3.05) is 18.0 Å². The number of aromatic carboxylic acids is 1. The van der Waals surface area contributed by atoms with Crippen molar-refractivity contribution in [3.63, 3.8) is 0 Å². The van der Waals surface area contributed by atoms with Gasteiger partial charge in [-0.25, -0.2) is 4.79 Å². The summed E-state index contributed by atoms with van der Waals surface area (Å²) < 4.78 is 0. The topological polar surface area (TPSA) is 83.7 Å². The normalized spacial score (nSPS) is 17.8. The van der Waals surface area contributed by atoms with Gasteiger partial charge in [0.05, 0.1) is 10.5 Å². The van der Waals surface area contributed by atoms with Crippen LogP contribution in [0.5, 0.6) is 0 Å². The molecule has 0 atom stereocenters. The Balaban J connectivity index is 2.44. The molecular formula is C14H18N2O4.